The lowest BCUT2D eigenvalue weighted by Gasteiger charge is -2.18. The molecule has 1 aromatic rings. The van der Waals surface area contributed by atoms with Crippen LogP contribution in [0.15, 0.2) is 18.2 Å². The van der Waals surface area contributed by atoms with Crippen molar-refractivity contribution >= 4 is 38.9 Å². The van der Waals surface area contributed by atoms with Crippen molar-refractivity contribution in [2.75, 3.05) is 16.6 Å². The highest BCUT2D eigenvalue weighted by molar-refractivity contribution is 7.93. The van der Waals surface area contributed by atoms with Crippen LogP contribution in [-0.2, 0) is 10.0 Å². The molecule has 0 amide bonds. The van der Waals surface area contributed by atoms with Crippen LogP contribution in [0.3, 0.4) is 0 Å². The van der Waals surface area contributed by atoms with Gasteiger partial charge in [-0.3, -0.25) is 4.31 Å². The zero-order valence-electron chi connectivity index (χ0n) is 7.78. The molecule has 0 N–H and O–H groups in total. The maximum atomic E-state index is 11.6. The first-order valence-electron chi connectivity index (χ1n) is 4.46. The summed E-state index contributed by atoms with van der Waals surface area (Å²) in [6.45, 7) is 0.475. The highest BCUT2D eigenvalue weighted by Crippen LogP contribution is 2.33. The summed E-state index contributed by atoms with van der Waals surface area (Å²) in [5, 5.41) is 0.890. The first kappa shape index (κ1) is 11.0. The number of rotatable bonds is 1. The molecule has 0 atom stereocenters. The van der Waals surface area contributed by atoms with Gasteiger partial charge in [-0.2, -0.15) is 0 Å². The van der Waals surface area contributed by atoms with E-state index in [0.717, 1.165) is 0 Å². The second-order valence-corrected chi connectivity index (χ2v) is 6.19. The van der Waals surface area contributed by atoms with Crippen LogP contribution in [0, 0.1) is 0 Å². The van der Waals surface area contributed by atoms with E-state index in [-0.39, 0.29) is 5.75 Å². The van der Waals surface area contributed by atoms with Gasteiger partial charge in [-0.25, -0.2) is 8.42 Å². The average molecular weight is 266 g/mol. The zero-order valence-corrected chi connectivity index (χ0v) is 10.1. The molecule has 0 unspecified atom stereocenters. The average Bonchev–Trinajstić information content (AvgIpc) is 2.50. The van der Waals surface area contributed by atoms with Crippen molar-refractivity contribution in [1.82, 2.24) is 0 Å². The van der Waals surface area contributed by atoms with E-state index >= 15 is 0 Å². The van der Waals surface area contributed by atoms with Crippen LogP contribution < -0.4 is 4.31 Å². The van der Waals surface area contributed by atoms with E-state index < -0.39 is 10.0 Å². The van der Waals surface area contributed by atoms with Gasteiger partial charge in [0.15, 0.2) is 0 Å². The molecule has 3 nitrogen and oxygen atoms in total. The molecule has 1 aliphatic heterocycles. The molecule has 1 aromatic carbocycles. The molecule has 1 heterocycles. The fourth-order valence-electron chi connectivity index (χ4n) is 1.59. The molecule has 0 bridgehead atoms. The quantitative estimate of drug-likeness (QED) is 0.783. The summed E-state index contributed by atoms with van der Waals surface area (Å²) in [6.07, 6.45) is 0.630. The number of benzene rings is 1. The molecule has 82 valence electrons. The Labute approximate surface area is 98.6 Å². The molecular weight excluding hydrogens is 257 g/mol. The number of anilines is 1. The molecule has 0 aromatic heterocycles. The first-order chi connectivity index (χ1) is 7.00. The Balaban J connectivity index is 2.50. The van der Waals surface area contributed by atoms with Gasteiger partial charge in [0.25, 0.3) is 0 Å². The number of hydrogen-bond donors (Lipinski definition) is 0. The lowest BCUT2D eigenvalue weighted by Crippen LogP contribution is -2.25. The van der Waals surface area contributed by atoms with Crippen molar-refractivity contribution in [3.63, 3.8) is 0 Å². The Morgan fingerprint density at radius 1 is 1.27 bits per heavy atom. The monoisotopic (exact) mass is 265 g/mol. The molecule has 0 aliphatic carbocycles. The van der Waals surface area contributed by atoms with Crippen molar-refractivity contribution in [3.05, 3.63) is 28.2 Å². The van der Waals surface area contributed by atoms with Crippen molar-refractivity contribution in [2.24, 2.45) is 0 Å². The van der Waals surface area contributed by atoms with Crippen LogP contribution in [0.4, 0.5) is 5.69 Å². The Kier molecular flexibility index (Phi) is 2.83. The summed E-state index contributed by atoms with van der Waals surface area (Å²) < 4.78 is 24.6. The van der Waals surface area contributed by atoms with Crippen LogP contribution in [-0.4, -0.2) is 20.7 Å². The van der Waals surface area contributed by atoms with E-state index in [2.05, 4.69) is 0 Å². The van der Waals surface area contributed by atoms with Gasteiger partial charge >= 0.3 is 0 Å². The van der Waals surface area contributed by atoms with Gasteiger partial charge in [0, 0.05) is 11.6 Å². The van der Waals surface area contributed by atoms with Crippen LogP contribution in [0.1, 0.15) is 6.42 Å². The van der Waals surface area contributed by atoms with Gasteiger partial charge in [0.2, 0.25) is 10.0 Å². The number of sulfonamides is 1. The molecule has 2 rings (SSSR count). The van der Waals surface area contributed by atoms with Crippen LogP contribution in [0.5, 0.6) is 0 Å². The normalized spacial score (nSPS) is 19.5. The molecule has 1 aliphatic rings. The minimum Gasteiger partial charge on any atom is -0.269 e. The molecule has 1 saturated heterocycles. The summed E-state index contributed by atoms with van der Waals surface area (Å²) in [5.41, 5.74) is 0.474. The smallest absolute Gasteiger partial charge is 0.235 e. The number of halogens is 2. The van der Waals surface area contributed by atoms with Gasteiger partial charge in [0.1, 0.15) is 0 Å². The Morgan fingerprint density at radius 2 is 2.00 bits per heavy atom. The van der Waals surface area contributed by atoms with Gasteiger partial charge in [-0.15, -0.1) is 0 Å². The summed E-state index contributed by atoms with van der Waals surface area (Å²) in [4.78, 5) is 0. The third-order valence-electron chi connectivity index (χ3n) is 2.28. The molecule has 0 radical (unpaired) electrons. The Hall–Kier alpha value is -0.450. The first-order valence-corrected chi connectivity index (χ1v) is 6.83. The Morgan fingerprint density at radius 3 is 2.60 bits per heavy atom. The summed E-state index contributed by atoms with van der Waals surface area (Å²) in [5.74, 6) is 0.176. The molecule has 0 spiro atoms. The summed E-state index contributed by atoms with van der Waals surface area (Å²) in [7, 11) is -3.19. The van der Waals surface area contributed by atoms with Crippen LogP contribution >= 0.6 is 23.2 Å². The predicted molar refractivity (Wildman–Crippen MR) is 62.2 cm³/mol. The van der Waals surface area contributed by atoms with Crippen LogP contribution in [0.25, 0.3) is 0 Å². The van der Waals surface area contributed by atoms with E-state index in [0.29, 0.717) is 28.7 Å². The Bertz CT molecular complexity index is 487. The molecular formula is C9H9Cl2NO2S. The van der Waals surface area contributed by atoms with Gasteiger partial charge in [0.05, 0.1) is 16.5 Å². The number of hydrogen-bond acceptors (Lipinski definition) is 2. The fraction of sp³-hybridized carbons (Fsp3) is 0.333. The van der Waals surface area contributed by atoms with Crippen LogP contribution in [0.2, 0.25) is 10.0 Å². The standard InChI is InChI=1S/C9H9Cl2NO2S/c10-7-2-3-8(11)9(6-7)12-4-1-5-15(12,13)14/h2-3,6H,1,4-5H2. The lowest BCUT2D eigenvalue weighted by molar-refractivity contribution is 0.599. The van der Waals surface area contributed by atoms with Gasteiger partial charge in [-0.1, -0.05) is 23.2 Å². The molecule has 6 heteroatoms. The van der Waals surface area contributed by atoms with Crippen molar-refractivity contribution < 1.29 is 8.42 Å². The topological polar surface area (TPSA) is 37.4 Å². The van der Waals surface area contributed by atoms with Crippen molar-refractivity contribution in [1.29, 1.82) is 0 Å². The SMILES string of the molecule is O=S1(=O)CCCN1c1cc(Cl)ccc1Cl. The van der Waals surface area contributed by atoms with Crippen molar-refractivity contribution in [2.45, 2.75) is 6.42 Å². The molecule has 15 heavy (non-hydrogen) atoms. The fourth-order valence-corrected chi connectivity index (χ4v) is 3.60. The summed E-state index contributed by atoms with van der Waals surface area (Å²) in [6, 6.07) is 4.82. The second-order valence-electron chi connectivity index (χ2n) is 3.34. The minimum atomic E-state index is -3.19. The van der Waals surface area contributed by atoms with Crippen molar-refractivity contribution in [3.8, 4) is 0 Å². The second kappa shape index (κ2) is 3.85. The van der Waals surface area contributed by atoms with Gasteiger partial charge in [-0.05, 0) is 24.6 Å². The molecule has 0 saturated carbocycles. The van der Waals surface area contributed by atoms with Gasteiger partial charge < -0.3 is 0 Å². The van der Waals surface area contributed by atoms with E-state index in [9.17, 15) is 8.42 Å². The largest absolute Gasteiger partial charge is 0.269 e. The number of nitrogens with zero attached hydrogens (tertiary/aromatic N) is 1. The predicted octanol–water partition coefficient (Wildman–Crippen LogP) is 2.53. The van der Waals surface area contributed by atoms with E-state index in [1.165, 1.54) is 4.31 Å². The highest BCUT2D eigenvalue weighted by atomic mass is 35.5. The maximum Gasteiger partial charge on any atom is 0.235 e. The minimum absolute atomic E-state index is 0.176. The maximum absolute atomic E-state index is 11.6. The van der Waals surface area contributed by atoms with E-state index in [1.807, 2.05) is 0 Å². The third-order valence-corrected chi connectivity index (χ3v) is 4.69. The third kappa shape index (κ3) is 2.07. The lowest BCUT2D eigenvalue weighted by atomic mass is 10.3. The highest BCUT2D eigenvalue weighted by Gasteiger charge is 2.29. The molecule has 1 fully saturated rings. The summed E-state index contributed by atoms with van der Waals surface area (Å²) >= 11 is 11.7. The zero-order chi connectivity index (χ0) is 11.1. The van der Waals surface area contributed by atoms with E-state index in [4.69, 9.17) is 23.2 Å². The van der Waals surface area contributed by atoms with E-state index in [1.54, 1.807) is 18.2 Å².